The predicted octanol–water partition coefficient (Wildman–Crippen LogP) is 2.69. The second-order valence-corrected chi connectivity index (χ2v) is 5.17. The molecule has 0 atom stereocenters. The van der Waals surface area contributed by atoms with Crippen LogP contribution in [0.15, 0.2) is 21.9 Å². The van der Waals surface area contributed by atoms with Crippen LogP contribution in [0.25, 0.3) is 0 Å². The third kappa shape index (κ3) is 5.45. The van der Waals surface area contributed by atoms with E-state index in [0.29, 0.717) is 6.54 Å². The maximum Gasteiger partial charge on any atom is 0.330 e. The summed E-state index contributed by atoms with van der Waals surface area (Å²) in [5.74, 6) is 0. The van der Waals surface area contributed by atoms with Crippen molar-refractivity contribution in [3.8, 4) is 0 Å². The largest absolute Gasteiger partial charge is 0.330 e. The van der Waals surface area contributed by atoms with Gasteiger partial charge < -0.3 is 4.57 Å². The van der Waals surface area contributed by atoms with Gasteiger partial charge in [0, 0.05) is 25.9 Å². The molecule has 108 valence electrons. The Morgan fingerprint density at radius 2 is 1.53 bits per heavy atom. The molecular formula is C15H26N2O2. The molecule has 0 aliphatic rings. The third-order valence-corrected chi connectivity index (χ3v) is 3.47. The fourth-order valence-corrected chi connectivity index (χ4v) is 2.22. The Labute approximate surface area is 115 Å². The van der Waals surface area contributed by atoms with E-state index in [9.17, 15) is 9.59 Å². The first-order valence-corrected chi connectivity index (χ1v) is 7.43. The predicted molar refractivity (Wildman–Crippen MR) is 78.6 cm³/mol. The van der Waals surface area contributed by atoms with Gasteiger partial charge in [0.05, 0.1) is 0 Å². The first-order valence-electron chi connectivity index (χ1n) is 7.43. The summed E-state index contributed by atoms with van der Waals surface area (Å²) >= 11 is 0. The minimum absolute atomic E-state index is 0.189. The molecule has 1 heterocycles. The lowest BCUT2D eigenvalue weighted by molar-refractivity contribution is 0.515. The van der Waals surface area contributed by atoms with Gasteiger partial charge >= 0.3 is 5.69 Å². The molecule has 0 unspecified atom stereocenters. The molecule has 0 saturated heterocycles. The van der Waals surface area contributed by atoms with Gasteiger partial charge in [-0.2, -0.15) is 0 Å². The highest BCUT2D eigenvalue weighted by Crippen LogP contribution is 2.08. The van der Waals surface area contributed by atoms with Gasteiger partial charge in [0.15, 0.2) is 0 Å². The van der Waals surface area contributed by atoms with Crippen LogP contribution < -0.4 is 11.2 Å². The molecule has 0 N–H and O–H groups in total. The van der Waals surface area contributed by atoms with Crippen LogP contribution in [0.2, 0.25) is 0 Å². The first kappa shape index (κ1) is 15.7. The molecule has 1 aromatic rings. The maximum atomic E-state index is 11.8. The van der Waals surface area contributed by atoms with E-state index >= 15 is 0 Å². The van der Waals surface area contributed by atoms with E-state index in [1.807, 2.05) is 0 Å². The highest BCUT2D eigenvalue weighted by Gasteiger charge is 2.02. The Morgan fingerprint density at radius 1 is 0.947 bits per heavy atom. The molecule has 1 rings (SSSR count). The Morgan fingerprint density at radius 3 is 2.16 bits per heavy atom. The van der Waals surface area contributed by atoms with E-state index in [1.54, 1.807) is 7.05 Å². The monoisotopic (exact) mass is 266 g/mol. The Balaban J connectivity index is 2.25. The van der Waals surface area contributed by atoms with Crippen molar-refractivity contribution in [1.82, 2.24) is 9.13 Å². The summed E-state index contributed by atoms with van der Waals surface area (Å²) in [6.07, 6.45) is 11.2. The quantitative estimate of drug-likeness (QED) is 0.645. The summed E-state index contributed by atoms with van der Waals surface area (Å²) < 4.78 is 2.78. The van der Waals surface area contributed by atoms with Crippen molar-refractivity contribution in [1.29, 1.82) is 0 Å². The molecule has 0 radical (unpaired) electrons. The summed E-state index contributed by atoms with van der Waals surface area (Å²) in [5.41, 5.74) is -0.401. The SMILES string of the molecule is CCCCCCCCCCn1c(=O)ccn(C)c1=O. The smallest absolute Gasteiger partial charge is 0.303 e. The standard InChI is InChI=1S/C15H26N2O2/c1-3-4-5-6-7-8-9-10-12-17-14(18)11-13-16(2)15(17)19/h11,13H,3-10,12H2,1-2H3. The highest BCUT2D eigenvalue weighted by molar-refractivity contribution is 4.85. The molecule has 0 aliphatic heterocycles. The fourth-order valence-electron chi connectivity index (χ4n) is 2.22. The number of unbranched alkanes of at least 4 members (excludes halogenated alkanes) is 7. The number of nitrogens with zero attached hydrogens (tertiary/aromatic N) is 2. The van der Waals surface area contributed by atoms with Crippen LogP contribution in [0.1, 0.15) is 58.3 Å². The summed E-state index contributed by atoms with van der Waals surface area (Å²) in [7, 11) is 1.67. The molecule has 0 fully saturated rings. The van der Waals surface area contributed by atoms with E-state index in [2.05, 4.69) is 6.92 Å². The van der Waals surface area contributed by atoms with Gasteiger partial charge in [-0.15, -0.1) is 0 Å². The highest BCUT2D eigenvalue weighted by atomic mass is 16.2. The van der Waals surface area contributed by atoms with E-state index in [-0.39, 0.29) is 11.2 Å². The van der Waals surface area contributed by atoms with Crippen LogP contribution >= 0.6 is 0 Å². The number of hydrogen-bond acceptors (Lipinski definition) is 2. The number of aryl methyl sites for hydroxylation is 1. The van der Waals surface area contributed by atoms with Gasteiger partial charge in [0.25, 0.3) is 5.56 Å². The summed E-state index contributed by atoms with van der Waals surface area (Å²) in [6, 6.07) is 1.45. The van der Waals surface area contributed by atoms with Gasteiger partial charge in [-0.3, -0.25) is 9.36 Å². The van der Waals surface area contributed by atoms with Crippen LogP contribution in [0, 0.1) is 0 Å². The van der Waals surface area contributed by atoms with Gasteiger partial charge in [0.1, 0.15) is 0 Å². The minimum Gasteiger partial charge on any atom is -0.303 e. The average molecular weight is 266 g/mol. The van der Waals surface area contributed by atoms with Crippen molar-refractivity contribution in [3.05, 3.63) is 33.1 Å². The molecular weight excluding hydrogens is 240 g/mol. The summed E-state index contributed by atoms with van der Waals surface area (Å²) in [5, 5.41) is 0. The molecule has 0 amide bonds. The van der Waals surface area contributed by atoms with Gasteiger partial charge in [-0.05, 0) is 6.42 Å². The molecule has 0 saturated carbocycles. The zero-order chi connectivity index (χ0) is 14.1. The molecule has 1 aromatic heterocycles. The molecule has 0 aromatic carbocycles. The lowest BCUT2D eigenvalue weighted by Gasteiger charge is -2.06. The zero-order valence-electron chi connectivity index (χ0n) is 12.2. The topological polar surface area (TPSA) is 44.0 Å². The zero-order valence-corrected chi connectivity index (χ0v) is 12.2. The molecule has 0 spiro atoms. The second kappa shape index (κ2) is 8.73. The summed E-state index contributed by atoms with van der Waals surface area (Å²) in [6.45, 7) is 2.76. The van der Waals surface area contributed by atoms with Crippen LogP contribution in [0.3, 0.4) is 0 Å². The average Bonchev–Trinajstić information content (AvgIpc) is 2.40. The number of aromatic nitrogens is 2. The van der Waals surface area contributed by atoms with Crippen molar-refractivity contribution in [2.75, 3.05) is 0 Å². The number of hydrogen-bond donors (Lipinski definition) is 0. The van der Waals surface area contributed by atoms with Crippen LogP contribution in [-0.2, 0) is 13.6 Å². The van der Waals surface area contributed by atoms with E-state index in [0.717, 1.165) is 12.8 Å². The van der Waals surface area contributed by atoms with Crippen molar-refractivity contribution in [2.24, 2.45) is 7.05 Å². The number of rotatable bonds is 9. The van der Waals surface area contributed by atoms with Crippen molar-refractivity contribution in [2.45, 2.75) is 64.8 Å². The lowest BCUT2D eigenvalue weighted by atomic mass is 10.1. The summed E-state index contributed by atoms with van der Waals surface area (Å²) in [4.78, 5) is 23.3. The van der Waals surface area contributed by atoms with Crippen molar-refractivity contribution >= 4 is 0 Å². The first-order chi connectivity index (χ1) is 9.16. The van der Waals surface area contributed by atoms with Crippen molar-refractivity contribution < 1.29 is 0 Å². The Kier molecular flexibility index (Phi) is 7.23. The van der Waals surface area contributed by atoms with Crippen LogP contribution in [-0.4, -0.2) is 9.13 Å². The molecule has 0 bridgehead atoms. The maximum absolute atomic E-state index is 11.8. The van der Waals surface area contributed by atoms with E-state index in [4.69, 9.17) is 0 Å². The van der Waals surface area contributed by atoms with Crippen LogP contribution in [0.5, 0.6) is 0 Å². The Bertz CT molecular complexity index is 474. The molecule has 4 nitrogen and oxygen atoms in total. The molecule has 0 aliphatic carbocycles. The Hall–Kier alpha value is -1.32. The molecule has 19 heavy (non-hydrogen) atoms. The second-order valence-electron chi connectivity index (χ2n) is 5.17. The normalized spacial score (nSPS) is 10.8. The van der Waals surface area contributed by atoms with E-state index in [1.165, 1.54) is 59.9 Å². The third-order valence-electron chi connectivity index (χ3n) is 3.47. The fraction of sp³-hybridized carbons (Fsp3) is 0.733. The minimum atomic E-state index is -0.213. The van der Waals surface area contributed by atoms with Crippen molar-refractivity contribution in [3.63, 3.8) is 0 Å². The molecule has 4 heteroatoms. The van der Waals surface area contributed by atoms with Crippen LogP contribution in [0.4, 0.5) is 0 Å². The van der Waals surface area contributed by atoms with E-state index < -0.39 is 0 Å². The van der Waals surface area contributed by atoms with Gasteiger partial charge in [-0.25, -0.2) is 4.79 Å². The van der Waals surface area contributed by atoms with Gasteiger partial charge in [0.2, 0.25) is 0 Å². The van der Waals surface area contributed by atoms with Gasteiger partial charge in [-0.1, -0.05) is 51.9 Å². The lowest BCUT2D eigenvalue weighted by Crippen LogP contribution is -2.37.